The Labute approximate surface area is 123 Å². The van der Waals surface area contributed by atoms with Crippen molar-refractivity contribution in [1.29, 1.82) is 0 Å². The molecule has 1 unspecified atom stereocenters. The highest BCUT2D eigenvalue weighted by Crippen LogP contribution is 2.29. The van der Waals surface area contributed by atoms with Gasteiger partial charge in [0, 0.05) is 19.6 Å². The molecule has 5 heteroatoms. The van der Waals surface area contributed by atoms with E-state index in [0.29, 0.717) is 11.4 Å². The van der Waals surface area contributed by atoms with E-state index in [1.54, 1.807) is 19.2 Å². The summed E-state index contributed by atoms with van der Waals surface area (Å²) in [4.78, 5) is 0.355. The summed E-state index contributed by atoms with van der Waals surface area (Å²) in [5, 5.41) is 0. The second kappa shape index (κ2) is 5.84. The van der Waals surface area contributed by atoms with Gasteiger partial charge in [0.15, 0.2) is 0 Å². The van der Waals surface area contributed by atoms with Crippen LogP contribution in [-0.2, 0) is 16.6 Å². The van der Waals surface area contributed by atoms with Crippen LogP contribution in [0.3, 0.4) is 0 Å². The largest absolute Gasteiger partial charge is 0.326 e. The normalized spacial score (nSPS) is 14.6. The maximum atomic E-state index is 12.7. The number of sulfonamides is 1. The average Bonchev–Trinajstić information content (AvgIpc) is 2.35. The number of hydrogen-bond donors (Lipinski definition) is 1. The molecule has 0 spiro atoms. The van der Waals surface area contributed by atoms with Crippen LogP contribution in [0.15, 0.2) is 23.1 Å². The van der Waals surface area contributed by atoms with Gasteiger partial charge in [-0.3, -0.25) is 0 Å². The predicted octanol–water partition coefficient (Wildman–Crippen LogP) is 2.51. The summed E-state index contributed by atoms with van der Waals surface area (Å²) in [5.41, 5.74) is 7.14. The van der Waals surface area contributed by atoms with Gasteiger partial charge in [-0.2, -0.15) is 4.31 Å². The van der Waals surface area contributed by atoms with Crippen molar-refractivity contribution in [3.8, 4) is 0 Å². The summed E-state index contributed by atoms with van der Waals surface area (Å²) in [7, 11) is -1.84. The molecule has 0 aliphatic carbocycles. The monoisotopic (exact) mass is 298 g/mol. The molecule has 0 amide bonds. The standard InChI is InChI=1S/C15H26N2O2S/c1-11-9-13(10-16)7-8-14(11)20(18,19)17(6)12(2)15(3,4)5/h7-9,12H,10,16H2,1-6H3. The van der Waals surface area contributed by atoms with Gasteiger partial charge >= 0.3 is 0 Å². The average molecular weight is 298 g/mol. The van der Waals surface area contributed by atoms with Crippen LogP contribution in [0.5, 0.6) is 0 Å². The molecule has 1 atom stereocenters. The van der Waals surface area contributed by atoms with Crippen molar-refractivity contribution in [1.82, 2.24) is 4.31 Å². The predicted molar refractivity (Wildman–Crippen MR) is 82.9 cm³/mol. The Balaban J connectivity index is 3.24. The third-order valence-electron chi connectivity index (χ3n) is 3.93. The Hall–Kier alpha value is -0.910. The quantitative estimate of drug-likeness (QED) is 0.929. The van der Waals surface area contributed by atoms with Crippen molar-refractivity contribution < 1.29 is 8.42 Å². The molecule has 0 aromatic heterocycles. The van der Waals surface area contributed by atoms with Gasteiger partial charge in [0.05, 0.1) is 4.90 Å². The molecule has 4 nitrogen and oxygen atoms in total. The molecule has 0 fully saturated rings. The molecule has 0 aliphatic heterocycles. The highest BCUT2D eigenvalue weighted by Gasteiger charge is 2.33. The Bertz CT molecular complexity index is 574. The molecule has 0 saturated carbocycles. The number of nitrogens with two attached hydrogens (primary N) is 1. The fourth-order valence-corrected chi connectivity index (χ4v) is 3.79. The lowest BCUT2D eigenvalue weighted by Crippen LogP contribution is -2.43. The van der Waals surface area contributed by atoms with E-state index >= 15 is 0 Å². The first-order valence-corrected chi connectivity index (χ1v) is 8.23. The maximum absolute atomic E-state index is 12.7. The van der Waals surface area contributed by atoms with E-state index in [2.05, 4.69) is 0 Å². The van der Waals surface area contributed by atoms with Gasteiger partial charge < -0.3 is 5.73 Å². The van der Waals surface area contributed by atoms with Gasteiger partial charge in [-0.25, -0.2) is 8.42 Å². The summed E-state index contributed by atoms with van der Waals surface area (Å²) in [5.74, 6) is 0. The topological polar surface area (TPSA) is 63.4 Å². The van der Waals surface area contributed by atoms with Crippen molar-refractivity contribution in [3.05, 3.63) is 29.3 Å². The highest BCUT2D eigenvalue weighted by atomic mass is 32.2. The van der Waals surface area contributed by atoms with E-state index in [4.69, 9.17) is 5.73 Å². The molecule has 114 valence electrons. The van der Waals surface area contributed by atoms with Crippen molar-refractivity contribution in [3.63, 3.8) is 0 Å². The van der Waals surface area contributed by atoms with Gasteiger partial charge in [0.1, 0.15) is 0 Å². The van der Waals surface area contributed by atoms with Crippen LogP contribution in [-0.4, -0.2) is 25.8 Å². The summed E-state index contributed by atoms with van der Waals surface area (Å²) >= 11 is 0. The number of rotatable bonds is 4. The summed E-state index contributed by atoms with van der Waals surface area (Å²) in [6, 6.07) is 5.16. The smallest absolute Gasteiger partial charge is 0.243 e. The minimum Gasteiger partial charge on any atom is -0.326 e. The van der Waals surface area contributed by atoms with Crippen LogP contribution < -0.4 is 5.73 Å². The van der Waals surface area contributed by atoms with Crippen molar-refractivity contribution >= 4 is 10.0 Å². The van der Waals surface area contributed by atoms with E-state index < -0.39 is 10.0 Å². The zero-order chi connectivity index (χ0) is 15.7. The molecule has 0 bridgehead atoms. The Kier molecular flexibility index (Phi) is 5.00. The molecule has 20 heavy (non-hydrogen) atoms. The lowest BCUT2D eigenvalue weighted by Gasteiger charge is -2.34. The first-order valence-electron chi connectivity index (χ1n) is 6.79. The highest BCUT2D eigenvalue weighted by molar-refractivity contribution is 7.89. The fourth-order valence-electron chi connectivity index (χ4n) is 2.04. The van der Waals surface area contributed by atoms with Gasteiger partial charge in [0.2, 0.25) is 10.0 Å². The SMILES string of the molecule is Cc1cc(CN)ccc1S(=O)(=O)N(C)C(C)C(C)(C)C. The van der Waals surface area contributed by atoms with Crippen LogP contribution in [0, 0.1) is 12.3 Å². The second-order valence-electron chi connectivity index (χ2n) is 6.37. The molecule has 2 N–H and O–H groups in total. The number of hydrogen-bond acceptors (Lipinski definition) is 3. The third-order valence-corrected chi connectivity index (χ3v) is 6.02. The first kappa shape index (κ1) is 17.1. The Morgan fingerprint density at radius 1 is 1.30 bits per heavy atom. The first-order chi connectivity index (χ1) is 9.01. The fraction of sp³-hybridized carbons (Fsp3) is 0.600. The van der Waals surface area contributed by atoms with Gasteiger partial charge in [-0.15, -0.1) is 0 Å². The number of benzene rings is 1. The van der Waals surface area contributed by atoms with Crippen LogP contribution in [0.1, 0.15) is 38.8 Å². The molecule has 0 radical (unpaired) electrons. The van der Waals surface area contributed by atoms with Crippen LogP contribution in [0.25, 0.3) is 0 Å². The molecule has 1 aromatic carbocycles. The molecule has 1 rings (SSSR count). The summed E-state index contributed by atoms with van der Waals surface area (Å²) < 4.78 is 26.9. The van der Waals surface area contributed by atoms with Crippen molar-refractivity contribution in [2.75, 3.05) is 7.05 Å². The molecule has 0 heterocycles. The Morgan fingerprint density at radius 3 is 2.25 bits per heavy atom. The zero-order valence-electron chi connectivity index (χ0n) is 13.3. The summed E-state index contributed by atoms with van der Waals surface area (Å²) in [6.07, 6.45) is 0. The van der Waals surface area contributed by atoms with Crippen molar-refractivity contribution in [2.24, 2.45) is 11.1 Å². The minimum atomic E-state index is -3.48. The second-order valence-corrected chi connectivity index (χ2v) is 8.33. The van der Waals surface area contributed by atoms with Gasteiger partial charge in [-0.1, -0.05) is 32.9 Å². The third kappa shape index (κ3) is 3.40. The lowest BCUT2D eigenvalue weighted by molar-refractivity contribution is 0.216. The van der Waals surface area contributed by atoms with Crippen LogP contribution >= 0.6 is 0 Å². The van der Waals surface area contributed by atoms with E-state index in [1.165, 1.54) is 4.31 Å². The summed E-state index contributed by atoms with van der Waals surface area (Å²) in [6.45, 7) is 10.3. The number of aryl methyl sites for hydroxylation is 1. The molecular weight excluding hydrogens is 272 g/mol. The van der Waals surface area contributed by atoms with E-state index in [-0.39, 0.29) is 11.5 Å². The molecule has 1 aromatic rings. The zero-order valence-corrected chi connectivity index (χ0v) is 14.1. The molecular formula is C15H26N2O2S. The molecule has 0 saturated heterocycles. The maximum Gasteiger partial charge on any atom is 0.243 e. The van der Waals surface area contributed by atoms with Crippen LogP contribution in [0.4, 0.5) is 0 Å². The molecule has 0 aliphatic rings. The van der Waals surface area contributed by atoms with E-state index in [9.17, 15) is 8.42 Å². The van der Waals surface area contributed by atoms with Gasteiger partial charge in [-0.05, 0) is 36.5 Å². The van der Waals surface area contributed by atoms with Crippen molar-refractivity contribution in [2.45, 2.75) is 52.1 Å². The van der Waals surface area contributed by atoms with Crippen LogP contribution in [0.2, 0.25) is 0 Å². The van der Waals surface area contributed by atoms with E-state index in [0.717, 1.165) is 11.1 Å². The lowest BCUT2D eigenvalue weighted by atomic mass is 9.88. The Morgan fingerprint density at radius 2 is 1.85 bits per heavy atom. The van der Waals surface area contributed by atoms with E-state index in [1.807, 2.05) is 40.7 Å². The minimum absolute atomic E-state index is 0.0962. The van der Waals surface area contributed by atoms with Gasteiger partial charge in [0.25, 0.3) is 0 Å². The number of nitrogens with zero attached hydrogens (tertiary/aromatic N) is 1.